The summed E-state index contributed by atoms with van der Waals surface area (Å²) in [5, 5.41) is 1.86. The number of aliphatic imine (C=N–C) groups is 1. The Balaban J connectivity index is 1.91. The number of hydrogen-bond donors (Lipinski definition) is 0. The third kappa shape index (κ3) is 6.62. The molecule has 0 N–H and O–H groups in total. The van der Waals surface area contributed by atoms with Crippen molar-refractivity contribution in [2.24, 2.45) is 4.99 Å². The van der Waals surface area contributed by atoms with Gasteiger partial charge in [0.15, 0.2) is 16.7 Å². The molecule has 0 saturated carbocycles. The van der Waals surface area contributed by atoms with Gasteiger partial charge in [0, 0.05) is 27.7 Å². The molecule has 0 aromatic heterocycles. The van der Waals surface area contributed by atoms with Crippen LogP contribution in [0.15, 0.2) is 40.2 Å². The van der Waals surface area contributed by atoms with Crippen LogP contribution in [0.3, 0.4) is 0 Å². The molecule has 0 radical (unpaired) electrons. The van der Waals surface area contributed by atoms with E-state index in [-0.39, 0.29) is 24.6 Å². The Hall–Kier alpha value is -1.42. The van der Waals surface area contributed by atoms with Gasteiger partial charge in [-0.3, -0.25) is 14.7 Å². The molecule has 2 aromatic carbocycles. The van der Waals surface area contributed by atoms with E-state index in [0.29, 0.717) is 33.1 Å². The van der Waals surface area contributed by atoms with E-state index < -0.39 is 0 Å². The van der Waals surface area contributed by atoms with Crippen molar-refractivity contribution < 1.29 is 14.3 Å². The van der Waals surface area contributed by atoms with Crippen LogP contribution in [0.25, 0.3) is 6.08 Å². The van der Waals surface area contributed by atoms with Crippen molar-refractivity contribution in [1.29, 1.82) is 0 Å². The SMILES string of the molecule is CCOc1cc(/C=C2/SC(=NC(C)C)N(C(C)C)C2=O)cc(I)c1OCc1ccc(Cl)cc1Cl. The van der Waals surface area contributed by atoms with Crippen LogP contribution in [0.4, 0.5) is 0 Å². The maximum atomic E-state index is 13.1. The Morgan fingerprint density at radius 2 is 1.88 bits per heavy atom. The number of nitrogens with zero attached hydrogens (tertiary/aromatic N) is 2. The number of amides is 1. The second kappa shape index (κ2) is 12.0. The highest BCUT2D eigenvalue weighted by molar-refractivity contribution is 14.1. The number of hydrogen-bond acceptors (Lipinski definition) is 5. The van der Waals surface area contributed by atoms with Crippen molar-refractivity contribution in [2.75, 3.05) is 6.61 Å². The number of carbonyl (C=O) groups excluding carboxylic acids is 1. The molecule has 5 nitrogen and oxygen atoms in total. The van der Waals surface area contributed by atoms with Crippen LogP contribution in [-0.2, 0) is 11.4 Å². The lowest BCUT2D eigenvalue weighted by molar-refractivity contribution is -0.123. The average molecular weight is 633 g/mol. The number of amidine groups is 1. The minimum Gasteiger partial charge on any atom is -0.490 e. The zero-order chi connectivity index (χ0) is 25.0. The minimum absolute atomic E-state index is 0.0259. The Labute approximate surface area is 229 Å². The first-order valence-corrected chi connectivity index (χ1v) is 13.6. The zero-order valence-corrected chi connectivity index (χ0v) is 24.2. The maximum Gasteiger partial charge on any atom is 0.266 e. The van der Waals surface area contributed by atoms with Crippen LogP contribution in [0, 0.1) is 3.57 Å². The molecule has 3 rings (SSSR count). The largest absolute Gasteiger partial charge is 0.490 e. The summed E-state index contributed by atoms with van der Waals surface area (Å²) in [7, 11) is 0. The number of rotatable bonds is 8. The van der Waals surface area contributed by atoms with Gasteiger partial charge in [-0.1, -0.05) is 29.3 Å². The molecule has 1 aliphatic rings. The third-order valence-corrected chi connectivity index (χ3v) is 7.12. The lowest BCUT2D eigenvalue weighted by Gasteiger charge is -2.20. The molecule has 9 heteroatoms. The molecule has 0 bridgehead atoms. The third-order valence-electron chi connectivity index (χ3n) is 4.74. The number of ether oxygens (including phenoxy) is 2. The highest BCUT2D eigenvalue weighted by atomic mass is 127. The molecule has 1 fully saturated rings. The summed E-state index contributed by atoms with van der Waals surface area (Å²) in [6.07, 6.45) is 1.88. The topological polar surface area (TPSA) is 51.1 Å². The monoisotopic (exact) mass is 632 g/mol. The van der Waals surface area contributed by atoms with Crippen molar-refractivity contribution >= 4 is 74.7 Å². The zero-order valence-electron chi connectivity index (χ0n) is 19.7. The van der Waals surface area contributed by atoms with Gasteiger partial charge in [0.25, 0.3) is 5.91 Å². The standard InChI is InChI=1S/C25H27Cl2IN2O3S/c1-6-32-21-10-16(11-22-24(31)30(15(4)5)25(34-22)29-14(2)3)9-20(28)23(21)33-13-17-7-8-18(26)12-19(17)27/h7-12,14-15H,6,13H2,1-5H3/b22-11+,29-25?. The van der Waals surface area contributed by atoms with E-state index in [1.54, 1.807) is 17.0 Å². The molecule has 1 heterocycles. The fourth-order valence-electron chi connectivity index (χ4n) is 3.27. The van der Waals surface area contributed by atoms with Gasteiger partial charge >= 0.3 is 0 Å². The van der Waals surface area contributed by atoms with Crippen molar-refractivity contribution in [3.05, 3.63) is 60.0 Å². The smallest absolute Gasteiger partial charge is 0.266 e. The normalized spacial score (nSPS) is 16.4. The molecule has 2 aromatic rings. The molecule has 1 aliphatic heterocycles. The molecular formula is C25H27Cl2IN2O3S. The van der Waals surface area contributed by atoms with Gasteiger partial charge in [0.1, 0.15) is 6.61 Å². The summed E-state index contributed by atoms with van der Waals surface area (Å²) >= 11 is 15.9. The highest BCUT2D eigenvalue weighted by Gasteiger charge is 2.35. The van der Waals surface area contributed by atoms with E-state index in [2.05, 4.69) is 27.6 Å². The first-order valence-electron chi connectivity index (χ1n) is 10.9. The lowest BCUT2D eigenvalue weighted by Crippen LogP contribution is -2.35. The van der Waals surface area contributed by atoms with Crippen LogP contribution in [-0.4, -0.2) is 34.7 Å². The van der Waals surface area contributed by atoms with E-state index in [4.69, 9.17) is 32.7 Å². The summed E-state index contributed by atoms with van der Waals surface area (Å²) < 4.78 is 12.9. The molecule has 182 valence electrons. The highest BCUT2D eigenvalue weighted by Crippen LogP contribution is 2.39. The average Bonchev–Trinajstić information content (AvgIpc) is 3.03. The van der Waals surface area contributed by atoms with Crippen LogP contribution < -0.4 is 9.47 Å². The second-order valence-electron chi connectivity index (χ2n) is 8.17. The van der Waals surface area contributed by atoms with Gasteiger partial charge < -0.3 is 9.47 Å². The first-order chi connectivity index (χ1) is 16.1. The Kier molecular flexibility index (Phi) is 9.60. The van der Waals surface area contributed by atoms with Gasteiger partial charge in [-0.05, 0) is 105 Å². The van der Waals surface area contributed by atoms with Crippen molar-refractivity contribution in [1.82, 2.24) is 4.90 Å². The van der Waals surface area contributed by atoms with Crippen LogP contribution in [0.2, 0.25) is 10.0 Å². The predicted octanol–water partition coefficient (Wildman–Crippen LogP) is 7.66. The Morgan fingerprint density at radius 3 is 2.50 bits per heavy atom. The van der Waals surface area contributed by atoms with E-state index >= 15 is 0 Å². The fourth-order valence-corrected chi connectivity index (χ4v) is 5.74. The molecular weight excluding hydrogens is 606 g/mol. The first kappa shape index (κ1) is 27.2. The van der Waals surface area contributed by atoms with E-state index in [0.717, 1.165) is 19.9 Å². The van der Waals surface area contributed by atoms with E-state index in [9.17, 15) is 4.79 Å². The quantitative estimate of drug-likeness (QED) is 0.221. The van der Waals surface area contributed by atoms with E-state index in [1.165, 1.54) is 11.8 Å². The Morgan fingerprint density at radius 1 is 1.15 bits per heavy atom. The molecule has 1 amide bonds. The fraction of sp³-hybridized carbons (Fsp3) is 0.360. The van der Waals surface area contributed by atoms with Crippen LogP contribution in [0.1, 0.15) is 45.7 Å². The molecule has 0 unspecified atom stereocenters. The summed E-state index contributed by atoms with van der Waals surface area (Å²) in [5.41, 5.74) is 1.68. The summed E-state index contributed by atoms with van der Waals surface area (Å²) in [6.45, 7) is 10.7. The number of carbonyl (C=O) groups is 1. The number of halogens is 3. The van der Waals surface area contributed by atoms with Crippen LogP contribution in [0.5, 0.6) is 11.5 Å². The summed E-state index contributed by atoms with van der Waals surface area (Å²) in [5.74, 6) is 1.20. The van der Waals surface area contributed by atoms with Crippen LogP contribution >= 0.6 is 57.6 Å². The molecule has 0 spiro atoms. The van der Waals surface area contributed by atoms with Gasteiger partial charge in [0.05, 0.1) is 15.1 Å². The molecule has 0 aliphatic carbocycles. The molecule has 34 heavy (non-hydrogen) atoms. The Bertz CT molecular complexity index is 1140. The van der Waals surface area contributed by atoms with Crippen molar-refractivity contribution in [2.45, 2.75) is 53.3 Å². The van der Waals surface area contributed by atoms with Crippen molar-refractivity contribution in [3.63, 3.8) is 0 Å². The molecule has 0 atom stereocenters. The summed E-state index contributed by atoms with van der Waals surface area (Å²) in [6, 6.07) is 9.31. The van der Waals surface area contributed by atoms with Gasteiger partial charge in [-0.2, -0.15) is 0 Å². The molecule has 1 saturated heterocycles. The van der Waals surface area contributed by atoms with Gasteiger partial charge in [-0.15, -0.1) is 0 Å². The maximum absolute atomic E-state index is 13.1. The number of benzene rings is 2. The van der Waals surface area contributed by atoms with Crippen molar-refractivity contribution in [3.8, 4) is 11.5 Å². The predicted molar refractivity (Wildman–Crippen MR) is 151 cm³/mol. The lowest BCUT2D eigenvalue weighted by atomic mass is 10.1. The number of thioether (sulfide) groups is 1. The van der Waals surface area contributed by atoms with E-state index in [1.807, 2.05) is 58.9 Å². The summed E-state index contributed by atoms with van der Waals surface area (Å²) in [4.78, 5) is 20.1. The van der Waals surface area contributed by atoms with Gasteiger partial charge in [-0.25, -0.2) is 0 Å². The van der Waals surface area contributed by atoms with Gasteiger partial charge in [0.2, 0.25) is 0 Å². The minimum atomic E-state index is -0.0370. The second-order valence-corrected chi connectivity index (χ2v) is 11.2.